The maximum atomic E-state index is 14.6. The van der Waals surface area contributed by atoms with Crippen LogP contribution in [0.2, 0.25) is 20.1 Å². The van der Waals surface area contributed by atoms with E-state index in [-0.39, 0.29) is 39.5 Å². The molecule has 12 heteroatoms. The van der Waals surface area contributed by atoms with E-state index in [1.54, 1.807) is 30.3 Å². The van der Waals surface area contributed by atoms with Crippen LogP contribution in [0.3, 0.4) is 0 Å². The summed E-state index contributed by atoms with van der Waals surface area (Å²) in [6.07, 6.45) is 1.78. The highest BCUT2D eigenvalue weighted by Gasteiger charge is 2.35. The van der Waals surface area contributed by atoms with Crippen LogP contribution in [0.5, 0.6) is 0 Å². The number of hydrogen-bond acceptors (Lipinski definition) is 4. The van der Waals surface area contributed by atoms with Crippen molar-refractivity contribution in [3.05, 3.63) is 128 Å². The number of benzene rings is 4. The Morgan fingerprint density at radius 1 is 0.830 bits per heavy atom. The highest BCUT2D eigenvalue weighted by molar-refractivity contribution is 7.92. The smallest absolute Gasteiger partial charge is 0.264 e. The molecule has 0 unspecified atom stereocenters. The van der Waals surface area contributed by atoms with Gasteiger partial charge in [-0.1, -0.05) is 114 Å². The number of aryl methyl sites for hydroxylation is 1. The Balaban J connectivity index is 1.83. The monoisotopic (exact) mass is 733 g/mol. The molecule has 4 aromatic carbocycles. The first-order valence-corrected chi connectivity index (χ1v) is 17.9. The molecular weight excluding hydrogens is 700 g/mol. The van der Waals surface area contributed by atoms with Gasteiger partial charge in [0.15, 0.2) is 0 Å². The molecule has 2 amide bonds. The fourth-order valence-electron chi connectivity index (χ4n) is 4.94. The summed E-state index contributed by atoms with van der Waals surface area (Å²) in [5, 5.41) is 4.03. The van der Waals surface area contributed by atoms with Gasteiger partial charge in [0.2, 0.25) is 11.8 Å². The molecule has 0 aliphatic carbocycles. The fraction of sp³-hybridized carbons (Fsp3) is 0.257. The molecule has 0 fully saturated rings. The Hall–Kier alpha value is -3.27. The van der Waals surface area contributed by atoms with Crippen molar-refractivity contribution in [1.82, 2.24) is 10.2 Å². The molecule has 0 saturated carbocycles. The molecule has 0 spiro atoms. The Labute approximate surface area is 296 Å². The maximum absolute atomic E-state index is 14.6. The first-order valence-electron chi connectivity index (χ1n) is 15.0. The fourth-order valence-corrected chi connectivity index (χ4v) is 7.32. The van der Waals surface area contributed by atoms with E-state index in [0.29, 0.717) is 22.2 Å². The van der Waals surface area contributed by atoms with Crippen molar-refractivity contribution in [1.29, 1.82) is 0 Å². The van der Waals surface area contributed by atoms with Crippen LogP contribution in [0.4, 0.5) is 5.69 Å². The topological polar surface area (TPSA) is 86.8 Å². The van der Waals surface area contributed by atoms with Crippen molar-refractivity contribution in [2.75, 3.05) is 17.4 Å². The second-order valence-corrected chi connectivity index (χ2v) is 14.6. The molecule has 4 aromatic rings. The summed E-state index contributed by atoms with van der Waals surface area (Å²) in [5.74, 6) is -1.02. The lowest BCUT2D eigenvalue weighted by atomic mass is 10.0. The Kier molecular flexibility index (Phi) is 13.0. The number of carbonyl (C=O) groups is 2. The molecule has 47 heavy (non-hydrogen) atoms. The minimum Gasteiger partial charge on any atom is -0.354 e. The van der Waals surface area contributed by atoms with Crippen molar-refractivity contribution in [2.24, 2.45) is 0 Å². The zero-order chi connectivity index (χ0) is 34.1. The van der Waals surface area contributed by atoms with E-state index in [4.69, 9.17) is 46.4 Å². The highest BCUT2D eigenvalue weighted by atomic mass is 35.5. The van der Waals surface area contributed by atoms with Gasteiger partial charge >= 0.3 is 0 Å². The van der Waals surface area contributed by atoms with Gasteiger partial charge in [0.05, 0.1) is 10.6 Å². The van der Waals surface area contributed by atoms with Crippen LogP contribution >= 0.6 is 46.4 Å². The Bertz CT molecular complexity index is 1790. The molecule has 1 atom stereocenters. The van der Waals surface area contributed by atoms with Crippen molar-refractivity contribution in [2.45, 2.75) is 50.6 Å². The van der Waals surface area contributed by atoms with Crippen LogP contribution < -0.4 is 9.62 Å². The van der Waals surface area contributed by atoms with Crippen LogP contribution in [-0.2, 0) is 32.6 Å². The number of carbonyl (C=O) groups excluding carboxylic acids is 2. The zero-order valence-electron chi connectivity index (χ0n) is 25.9. The number of nitrogens with zero attached hydrogens (tertiary/aromatic N) is 2. The zero-order valence-corrected chi connectivity index (χ0v) is 29.8. The van der Waals surface area contributed by atoms with Crippen LogP contribution in [-0.4, -0.2) is 44.3 Å². The van der Waals surface area contributed by atoms with Gasteiger partial charge in [-0.15, -0.1) is 0 Å². The van der Waals surface area contributed by atoms with E-state index in [2.05, 4.69) is 5.32 Å². The number of sulfonamides is 1. The lowest BCUT2D eigenvalue weighted by Gasteiger charge is -2.34. The van der Waals surface area contributed by atoms with Crippen molar-refractivity contribution < 1.29 is 18.0 Å². The average Bonchev–Trinajstić information content (AvgIpc) is 3.02. The van der Waals surface area contributed by atoms with Gasteiger partial charge in [0.1, 0.15) is 12.6 Å². The van der Waals surface area contributed by atoms with Gasteiger partial charge in [0.25, 0.3) is 10.0 Å². The van der Waals surface area contributed by atoms with Gasteiger partial charge in [-0.3, -0.25) is 13.9 Å². The van der Waals surface area contributed by atoms with Crippen LogP contribution in [0, 0.1) is 6.92 Å². The van der Waals surface area contributed by atoms with E-state index in [1.807, 2.05) is 44.2 Å². The van der Waals surface area contributed by atoms with Gasteiger partial charge < -0.3 is 10.2 Å². The molecule has 4 rings (SSSR count). The third kappa shape index (κ3) is 9.87. The number of rotatable bonds is 14. The number of anilines is 1. The average molecular weight is 736 g/mol. The van der Waals surface area contributed by atoms with E-state index in [0.717, 1.165) is 28.3 Å². The first kappa shape index (κ1) is 36.6. The van der Waals surface area contributed by atoms with Crippen molar-refractivity contribution in [3.8, 4) is 0 Å². The second kappa shape index (κ2) is 16.7. The Morgan fingerprint density at radius 3 is 2.11 bits per heavy atom. The molecule has 0 aliphatic heterocycles. The minimum atomic E-state index is -4.32. The highest BCUT2D eigenvalue weighted by Crippen LogP contribution is 2.31. The standard InChI is InChI=1S/C35H35Cl4N3O4S/c1-3-4-16-40-35(44)33(17-25-8-6-5-7-9-25)41(22-26-12-13-27(36)21-32(26)39)34(43)23-42(30-19-28(37)18-29(38)20-30)47(45,46)31-14-10-24(2)11-15-31/h5-15,18-21,33H,3-4,16-17,22-23H2,1-2H3,(H,40,44)/t33-/m1/s1. The van der Waals surface area contributed by atoms with Gasteiger partial charge in [-0.2, -0.15) is 0 Å². The van der Waals surface area contributed by atoms with E-state index >= 15 is 0 Å². The van der Waals surface area contributed by atoms with Crippen molar-refractivity contribution >= 4 is 73.9 Å². The summed E-state index contributed by atoms with van der Waals surface area (Å²) >= 11 is 25.4. The molecular formula is C35H35Cl4N3O4S. The summed E-state index contributed by atoms with van der Waals surface area (Å²) in [6.45, 7) is 3.51. The quantitative estimate of drug-likeness (QED) is 0.132. The summed E-state index contributed by atoms with van der Waals surface area (Å²) in [6, 6.07) is 23.7. The predicted molar refractivity (Wildman–Crippen MR) is 191 cm³/mol. The number of unbranched alkanes of at least 4 members (excludes halogenated alkanes) is 1. The van der Waals surface area contributed by atoms with E-state index in [1.165, 1.54) is 35.2 Å². The first-order chi connectivity index (χ1) is 22.4. The van der Waals surface area contributed by atoms with Crippen LogP contribution in [0.1, 0.15) is 36.5 Å². The molecule has 0 aromatic heterocycles. The van der Waals surface area contributed by atoms with E-state index < -0.39 is 28.5 Å². The predicted octanol–water partition coefficient (Wildman–Crippen LogP) is 8.36. The number of nitrogens with one attached hydrogen (secondary N) is 1. The number of hydrogen-bond donors (Lipinski definition) is 1. The third-order valence-electron chi connectivity index (χ3n) is 7.48. The molecule has 1 N–H and O–H groups in total. The second-order valence-electron chi connectivity index (χ2n) is 11.1. The molecule has 0 radical (unpaired) electrons. The molecule has 0 heterocycles. The van der Waals surface area contributed by atoms with Gasteiger partial charge in [-0.25, -0.2) is 8.42 Å². The maximum Gasteiger partial charge on any atom is 0.264 e. The number of amides is 2. The van der Waals surface area contributed by atoms with Crippen LogP contribution in [0.15, 0.2) is 95.9 Å². The lowest BCUT2D eigenvalue weighted by Crippen LogP contribution is -2.53. The normalized spacial score (nSPS) is 12.0. The summed E-state index contributed by atoms with van der Waals surface area (Å²) < 4.78 is 29.4. The van der Waals surface area contributed by atoms with E-state index in [9.17, 15) is 18.0 Å². The Morgan fingerprint density at radius 2 is 1.49 bits per heavy atom. The molecule has 0 bridgehead atoms. The molecule has 248 valence electrons. The van der Waals surface area contributed by atoms with Gasteiger partial charge in [0, 0.05) is 39.6 Å². The lowest BCUT2D eigenvalue weighted by molar-refractivity contribution is -0.140. The molecule has 0 aliphatic rings. The third-order valence-corrected chi connectivity index (χ3v) is 10.3. The molecule has 0 saturated heterocycles. The summed E-state index contributed by atoms with van der Waals surface area (Å²) in [4.78, 5) is 29.8. The summed E-state index contributed by atoms with van der Waals surface area (Å²) in [5.41, 5.74) is 2.30. The van der Waals surface area contributed by atoms with Crippen LogP contribution in [0.25, 0.3) is 0 Å². The summed E-state index contributed by atoms with van der Waals surface area (Å²) in [7, 11) is -4.32. The van der Waals surface area contributed by atoms with Gasteiger partial charge in [-0.05, 0) is 66.9 Å². The largest absolute Gasteiger partial charge is 0.354 e. The number of halogens is 4. The molecule has 7 nitrogen and oxygen atoms in total. The van der Waals surface area contributed by atoms with Crippen molar-refractivity contribution in [3.63, 3.8) is 0 Å². The SMILES string of the molecule is CCCCNC(=O)[C@@H](Cc1ccccc1)N(Cc1ccc(Cl)cc1Cl)C(=O)CN(c1cc(Cl)cc(Cl)c1)S(=O)(=O)c1ccc(C)cc1. The minimum absolute atomic E-state index is 0.0302.